The molecule has 0 aliphatic heterocycles. The number of carbonyl (C=O) groups excluding carboxylic acids is 2. The molecule has 0 radical (unpaired) electrons. The topological polar surface area (TPSA) is 72.8 Å². The lowest BCUT2D eigenvalue weighted by Gasteiger charge is -2.12. The Hall–Kier alpha value is -2.14. The monoisotopic (exact) mass is 645 g/mol. The maximum Gasteiger partial charge on any atom is 0.305 e. The van der Waals surface area contributed by atoms with Crippen molar-refractivity contribution in [1.82, 2.24) is 0 Å². The van der Waals surface area contributed by atoms with Crippen LogP contribution in [0.3, 0.4) is 0 Å². The summed E-state index contributed by atoms with van der Waals surface area (Å²) in [5.41, 5.74) is 0. The first-order chi connectivity index (χ1) is 22.6. The Balaban J connectivity index is 3.53. The van der Waals surface area contributed by atoms with Crippen LogP contribution in [0, 0.1) is 0 Å². The molecule has 0 aliphatic carbocycles. The molecule has 0 bridgehead atoms. The SMILES string of the molecule is CCCCCC/C=C\CCCCCCCCCC(=O)OC[C@@H](O)COC(=O)CCC/C=C\C/C=C\C/C=C\CCCCCCCC. The minimum Gasteiger partial charge on any atom is -0.463 e. The first kappa shape index (κ1) is 43.9. The standard InChI is InChI=1S/C41H72O5/c1-3-5-7-9-11-13-15-17-19-20-22-24-26-28-30-32-34-36-41(44)46-38-39(42)37-45-40(43)35-33-31-29-27-25-23-21-18-16-14-12-10-8-6-4-2/h14,16-17,19,22,24,28,30,39,42H,3-13,15,18,20-21,23,25-27,29,31-38H2,1-2H3/b16-14-,19-17-,24-22-,30-28-/t39-/m1/s1. The molecule has 0 amide bonds. The van der Waals surface area contributed by atoms with E-state index in [2.05, 4.69) is 62.5 Å². The molecule has 5 nitrogen and oxygen atoms in total. The Morgan fingerprint density at radius 3 is 1.26 bits per heavy atom. The van der Waals surface area contributed by atoms with E-state index in [0.717, 1.165) is 38.5 Å². The Morgan fingerprint density at radius 2 is 0.783 bits per heavy atom. The number of aliphatic hydroxyl groups excluding tert-OH is 1. The summed E-state index contributed by atoms with van der Waals surface area (Å²) in [5.74, 6) is -0.630. The van der Waals surface area contributed by atoms with Crippen LogP contribution >= 0.6 is 0 Å². The molecule has 266 valence electrons. The number of hydrogen-bond acceptors (Lipinski definition) is 5. The van der Waals surface area contributed by atoms with Crippen molar-refractivity contribution in [3.05, 3.63) is 48.6 Å². The smallest absolute Gasteiger partial charge is 0.305 e. The maximum absolute atomic E-state index is 11.9. The van der Waals surface area contributed by atoms with Gasteiger partial charge >= 0.3 is 11.9 Å². The largest absolute Gasteiger partial charge is 0.463 e. The third-order valence-electron chi connectivity index (χ3n) is 8.04. The van der Waals surface area contributed by atoms with Gasteiger partial charge in [-0.2, -0.15) is 0 Å². The van der Waals surface area contributed by atoms with Gasteiger partial charge in [0.15, 0.2) is 0 Å². The van der Waals surface area contributed by atoms with Crippen LogP contribution in [-0.4, -0.2) is 36.4 Å². The molecular formula is C41H72O5. The van der Waals surface area contributed by atoms with Crippen LogP contribution in [0.1, 0.15) is 181 Å². The van der Waals surface area contributed by atoms with E-state index in [1.807, 2.05) is 0 Å². The van der Waals surface area contributed by atoms with Crippen molar-refractivity contribution in [3.8, 4) is 0 Å². The Kier molecular flexibility index (Phi) is 35.6. The lowest BCUT2D eigenvalue weighted by molar-refractivity contribution is -0.152. The van der Waals surface area contributed by atoms with Crippen molar-refractivity contribution in [2.45, 2.75) is 187 Å². The van der Waals surface area contributed by atoms with E-state index in [1.165, 1.54) is 109 Å². The molecule has 5 heteroatoms. The van der Waals surface area contributed by atoms with Gasteiger partial charge in [0.05, 0.1) is 0 Å². The van der Waals surface area contributed by atoms with Gasteiger partial charge in [0.1, 0.15) is 19.3 Å². The van der Waals surface area contributed by atoms with Gasteiger partial charge in [-0.15, -0.1) is 0 Å². The summed E-state index contributed by atoms with van der Waals surface area (Å²) in [4.78, 5) is 23.9. The number of carbonyl (C=O) groups is 2. The van der Waals surface area contributed by atoms with Gasteiger partial charge in [0.25, 0.3) is 0 Å². The number of rotatable bonds is 34. The van der Waals surface area contributed by atoms with Crippen LogP contribution in [0.5, 0.6) is 0 Å². The minimum absolute atomic E-state index is 0.134. The lowest BCUT2D eigenvalue weighted by atomic mass is 10.1. The van der Waals surface area contributed by atoms with Crippen LogP contribution in [-0.2, 0) is 19.1 Å². The first-order valence-corrected chi connectivity index (χ1v) is 19.2. The van der Waals surface area contributed by atoms with E-state index in [-0.39, 0.29) is 25.2 Å². The van der Waals surface area contributed by atoms with Crippen molar-refractivity contribution in [2.75, 3.05) is 13.2 Å². The summed E-state index contributed by atoms with van der Waals surface area (Å²) in [6, 6.07) is 0. The fraction of sp³-hybridized carbons (Fsp3) is 0.756. The predicted octanol–water partition coefficient (Wildman–Crippen LogP) is 11.8. The second kappa shape index (κ2) is 37.3. The normalized spacial score (nSPS) is 12.7. The summed E-state index contributed by atoms with van der Waals surface area (Å²) in [6.45, 7) is 4.23. The molecule has 1 atom stereocenters. The Bertz CT molecular complexity index is 782. The highest BCUT2D eigenvalue weighted by Gasteiger charge is 2.11. The number of allylic oxidation sites excluding steroid dienone is 8. The number of esters is 2. The van der Waals surface area contributed by atoms with E-state index >= 15 is 0 Å². The van der Waals surface area contributed by atoms with Crippen LogP contribution in [0.25, 0.3) is 0 Å². The van der Waals surface area contributed by atoms with Crippen LogP contribution in [0.4, 0.5) is 0 Å². The second-order valence-corrected chi connectivity index (χ2v) is 12.7. The molecule has 1 N–H and O–H groups in total. The van der Waals surface area contributed by atoms with Gasteiger partial charge in [0, 0.05) is 12.8 Å². The van der Waals surface area contributed by atoms with Crippen molar-refractivity contribution in [1.29, 1.82) is 0 Å². The summed E-state index contributed by atoms with van der Waals surface area (Å²) in [6.07, 6.45) is 45.9. The molecule has 0 fully saturated rings. The number of aliphatic hydroxyl groups is 1. The van der Waals surface area contributed by atoms with Crippen LogP contribution in [0.15, 0.2) is 48.6 Å². The van der Waals surface area contributed by atoms with Crippen molar-refractivity contribution in [3.63, 3.8) is 0 Å². The van der Waals surface area contributed by atoms with Crippen molar-refractivity contribution in [2.24, 2.45) is 0 Å². The van der Waals surface area contributed by atoms with Gasteiger partial charge in [-0.25, -0.2) is 0 Å². The van der Waals surface area contributed by atoms with Gasteiger partial charge in [-0.3, -0.25) is 9.59 Å². The van der Waals surface area contributed by atoms with E-state index in [9.17, 15) is 14.7 Å². The number of ether oxygens (including phenoxy) is 2. The molecule has 0 aliphatic rings. The predicted molar refractivity (Wildman–Crippen MR) is 196 cm³/mol. The van der Waals surface area contributed by atoms with Gasteiger partial charge < -0.3 is 14.6 Å². The molecule has 0 rings (SSSR count). The fourth-order valence-electron chi connectivity index (χ4n) is 5.10. The maximum atomic E-state index is 11.9. The molecule has 46 heavy (non-hydrogen) atoms. The molecule has 0 aromatic carbocycles. The highest BCUT2D eigenvalue weighted by Crippen LogP contribution is 2.12. The highest BCUT2D eigenvalue weighted by molar-refractivity contribution is 5.69. The zero-order chi connectivity index (χ0) is 33.6. The summed E-state index contributed by atoms with van der Waals surface area (Å²) in [7, 11) is 0. The average molecular weight is 645 g/mol. The average Bonchev–Trinajstić information content (AvgIpc) is 3.06. The van der Waals surface area contributed by atoms with E-state index in [1.54, 1.807) is 0 Å². The Labute approximate surface area is 284 Å². The van der Waals surface area contributed by atoms with E-state index < -0.39 is 6.10 Å². The molecule has 0 spiro atoms. The van der Waals surface area contributed by atoms with Crippen molar-refractivity contribution < 1.29 is 24.2 Å². The molecule has 0 aromatic heterocycles. The molecule has 0 saturated carbocycles. The van der Waals surface area contributed by atoms with Crippen molar-refractivity contribution >= 4 is 11.9 Å². The highest BCUT2D eigenvalue weighted by atomic mass is 16.6. The van der Waals surface area contributed by atoms with E-state index in [0.29, 0.717) is 19.3 Å². The number of unbranched alkanes of at least 4 members (excludes halogenated alkanes) is 18. The van der Waals surface area contributed by atoms with Gasteiger partial charge in [-0.1, -0.05) is 146 Å². The van der Waals surface area contributed by atoms with E-state index in [4.69, 9.17) is 9.47 Å². The molecule has 0 saturated heterocycles. The third-order valence-corrected chi connectivity index (χ3v) is 8.04. The number of hydrogen-bond donors (Lipinski definition) is 1. The molecular weight excluding hydrogens is 572 g/mol. The third kappa shape index (κ3) is 36.3. The first-order valence-electron chi connectivity index (χ1n) is 19.2. The van der Waals surface area contributed by atoms with Crippen LogP contribution < -0.4 is 0 Å². The van der Waals surface area contributed by atoms with Crippen LogP contribution in [0.2, 0.25) is 0 Å². The fourth-order valence-corrected chi connectivity index (χ4v) is 5.10. The Morgan fingerprint density at radius 1 is 0.457 bits per heavy atom. The molecule has 0 aromatic rings. The zero-order valence-electron chi connectivity index (χ0n) is 30.1. The zero-order valence-corrected chi connectivity index (χ0v) is 30.1. The minimum atomic E-state index is -0.985. The summed E-state index contributed by atoms with van der Waals surface area (Å²) in [5, 5.41) is 9.99. The molecule has 0 unspecified atom stereocenters. The van der Waals surface area contributed by atoms with Gasteiger partial charge in [-0.05, 0) is 70.6 Å². The quantitative estimate of drug-likeness (QED) is 0.0429. The van der Waals surface area contributed by atoms with Gasteiger partial charge in [0.2, 0.25) is 0 Å². The second-order valence-electron chi connectivity index (χ2n) is 12.7. The summed E-state index contributed by atoms with van der Waals surface area (Å²) < 4.78 is 10.3. The summed E-state index contributed by atoms with van der Waals surface area (Å²) >= 11 is 0. The molecule has 0 heterocycles. The lowest BCUT2D eigenvalue weighted by Crippen LogP contribution is -2.25.